The molecule has 1 aromatic rings. The molecule has 1 aromatic carbocycles. The van der Waals surface area contributed by atoms with Gasteiger partial charge in [-0.1, -0.05) is 42.9 Å². The first-order valence-electron chi connectivity index (χ1n) is 8.70. The molecular weight excluding hydrogens is 370 g/mol. The SMILES string of the molecule is O=C1NC(=S)S/C1=C/c1ccc2c(c1)N(C(=O)NC1CCCC1)CCO2. The van der Waals surface area contributed by atoms with Crippen molar-refractivity contribution in [3.8, 4) is 5.75 Å². The Balaban J connectivity index is 1.58. The fourth-order valence-electron chi connectivity index (χ4n) is 3.43. The molecule has 6 nitrogen and oxygen atoms in total. The van der Waals surface area contributed by atoms with Gasteiger partial charge in [-0.15, -0.1) is 0 Å². The summed E-state index contributed by atoms with van der Waals surface area (Å²) in [5, 5.41) is 5.73. The monoisotopic (exact) mass is 389 g/mol. The molecule has 26 heavy (non-hydrogen) atoms. The molecule has 0 bridgehead atoms. The largest absolute Gasteiger partial charge is 0.490 e. The Morgan fingerprint density at radius 2 is 2.19 bits per heavy atom. The highest BCUT2D eigenvalue weighted by molar-refractivity contribution is 8.26. The zero-order valence-corrected chi connectivity index (χ0v) is 15.8. The van der Waals surface area contributed by atoms with Crippen LogP contribution in [-0.4, -0.2) is 35.5 Å². The van der Waals surface area contributed by atoms with Gasteiger partial charge in [-0.05, 0) is 36.6 Å². The highest BCUT2D eigenvalue weighted by Gasteiger charge is 2.27. The summed E-state index contributed by atoms with van der Waals surface area (Å²) in [7, 11) is 0. The Labute approximate surface area is 161 Å². The fourth-order valence-corrected chi connectivity index (χ4v) is 4.47. The zero-order valence-electron chi connectivity index (χ0n) is 14.1. The maximum absolute atomic E-state index is 12.7. The van der Waals surface area contributed by atoms with Crippen LogP contribution in [0.4, 0.5) is 10.5 Å². The maximum Gasteiger partial charge on any atom is 0.322 e. The number of hydrogen-bond donors (Lipinski definition) is 2. The van der Waals surface area contributed by atoms with E-state index in [4.69, 9.17) is 17.0 Å². The number of nitrogens with zero attached hydrogens (tertiary/aromatic N) is 1. The molecule has 8 heteroatoms. The van der Waals surface area contributed by atoms with E-state index in [9.17, 15) is 9.59 Å². The lowest BCUT2D eigenvalue weighted by molar-refractivity contribution is -0.115. The second-order valence-corrected chi connectivity index (χ2v) is 8.23. The van der Waals surface area contributed by atoms with Crippen LogP contribution >= 0.6 is 24.0 Å². The molecular formula is C18H19N3O3S2. The highest BCUT2D eigenvalue weighted by atomic mass is 32.2. The maximum atomic E-state index is 12.7. The van der Waals surface area contributed by atoms with Crippen molar-refractivity contribution in [2.75, 3.05) is 18.1 Å². The summed E-state index contributed by atoms with van der Waals surface area (Å²) in [4.78, 5) is 26.9. The lowest BCUT2D eigenvalue weighted by Gasteiger charge is -2.31. The van der Waals surface area contributed by atoms with E-state index in [2.05, 4.69) is 10.6 Å². The first-order chi connectivity index (χ1) is 12.6. The first kappa shape index (κ1) is 17.4. The van der Waals surface area contributed by atoms with Crippen molar-refractivity contribution < 1.29 is 14.3 Å². The number of thioether (sulfide) groups is 1. The van der Waals surface area contributed by atoms with Gasteiger partial charge >= 0.3 is 6.03 Å². The highest BCUT2D eigenvalue weighted by Crippen LogP contribution is 2.34. The third-order valence-corrected chi connectivity index (χ3v) is 5.88. The second-order valence-electron chi connectivity index (χ2n) is 6.51. The van der Waals surface area contributed by atoms with Gasteiger partial charge in [0.2, 0.25) is 0 Å². The number of benzene rings is 1. The van der Waals surface area contributed by atoms with Crippen molar-refractivity contribution in [1.29, 1.82) is 0 Å². The van der Waals surface area contributed by atoms with Gasteiger partial charge in [0.15, 0.2) is 0 Å². The molecule has 3 aliphatic rings. The number of amides is 3. The number of thiocarbonyl (C=S) groups is 1. The van der Waals surface area contributed by atoms with Gasteiger partial charge in [-0.3, -0.25) is 9.69 Å². The second kappa shape index (κ2) is 7.28. The molecule has 2 heterocycles. The van der Waals surface area contributed by atoms with E-state index in [1.54, 1.807) is 11.0 Å². The van der Waals surface area contributed by atoms with Crippen molar-refractivity contribution in [3.63, 3.8) is 0 Å². The normalized spacial score (nSPS) is 21.5. The summed E-state index contributed by atoms with van der Waals surface area (Å²) in [6, 6.07) is 5.77. The number of ether oxygens (including phenoxy) is 1. The van der Waals surface area contributed by atoms with Crippen LogP contribution in [0, 0.1) is 0 Å². The van der Waals surface area contributed by atoms with E-state index in [1.165, 1.54) is 24.6 Å². The van der Waals surface area contributed by atoms with Crippen LogP contribution in [0.2, 0.25) is 0 Å². The lowest BCUT2D eigenvalue weighted by Crippen LogP contribution is -2.47. The van der Waals surface area contributed by atoms with Crippen LogP contribution in [0.15, 0.2) is 23.1 Å². The molecule has 0 atom stereocenters. The predicted octanol–water partition coefficient (Wildman–Crippen LogP) is 3.03. The number of rotatable bonds is 2. The minimum Gasteiger partial charge on any atom is -0.490 e. The zero-order chi connectivity index (χ0) is 18.1. The van der Waals surface area contributed by atoms with Crippen LogP contribution < -0.4 is 20.3 Å². The number of carbonyl (C=O) groups excluding carboxylic acids is 2. The van der Waals surface area contributed by atoms with Crippen LogP contribution in [0.1, 0.15) is 31.2 Å². The van der Waals surface area contributed by atoms with Gasteiger partial charge in [0.05, 0.1) is 17.1 Å². The fraction of sp³-hybridized carbons (Fsp3) is 0.389. The molecule has 2 N–H and O–H groups in total. The Morgan fingerprint density at radius 3 is 2.92 bits per heavy atom. The number of nitrogens with one attached hydrogen (secondary N) is 2. The van der Waals surface area contributed by atoms with Crippen LogP contribution in [0.25, 0.3) is 6.08 Å². The van der Waals surface area contributed by atoms with Crippen molar-refractivity contribution in [3.05, 3.63) is 28.7 Å². The summed E-state index contributed by atoms with van der Waals surface area (Å²) in [5.74, 6) is 0.490. The van der Waals surface area contributed by atoms with Crippen molar-refractivity contribution in [2.45, 2.75) is 31.7 Å². The van der Waals surface area contributed by atoms with Crippen molar-refractivity contribution >= 4 is 52.0 Å². The molecule has 0 spiro atoms. The molecule has 0 radical (unpaired) electrons. The summed E-state index contributed by atoms with van der Waals surface area (Å²) >= 11 is 6.26. The molecule has 2 fully saturated rings. The van der Waals surface area contributed by atoms with Gasteiger partial charge in [0, 0.05) is 6.04 Å². The van der Waals surface area contributed by atoms with Gasteiger partial charge in [-0.25, -0.2) is 4.79 Å². The van der Waals surface area contributed by atoms with E-state index in [0.29, 0.717) is 28.1 Å². The predicted molar refractivity (Wildman–Crippen MR) is 106 cm³/mol. The standard InChI is InChI=1S/C18H19N3O3S2/c22-16-15(26-18(25)20-16)10-11-5-6-14-13(9-11)21(7-8-24-14)17(23)19-12-3-1-2-4-12/h5-6,9-10,12H,1-4,7-8H2,(H,19,23)(H,20,22,25)/b15-10+. The lowest BCUT2D eigenvalue weighted by atomic mass is 10.1. The third kappa shape index (κ3) is 3.57. The molecule has 1 aliphatic carbocycles. The van der Waals surface area contributed by atoms with Gasteiger partial charge in [0.1, 0.15) is 16.7 Å². The van der Waals surface area contributed by atoms with Gasteiger partial charge < -0.3 is 15.4 Å². The average molecular weight is 390 g/mol. The van der Waals surface area contributed by atoms with E-state index < -0.39 is 0 Å². The smallest absolute Gasteiger partial charge is 0.322 e. The van der Waals surface area contributed by atoms with E-state index in [0.717, 1.165) is 24.1 Å². The van der Waals surface area contributed by atoms with Crippen molar-refractivity contribution in [2.24, 2.45) is 0 Å². The molecule has 1 saturated carbocycles. The Hall–Kier alpha value is -2.06. The summed E-state index contributed by atoms with van der Waals surface area (Å²) in [6.45, 7) is 0.975. The van der Waals surface area contributed by atoms with Gasteiger partial charge in [0.25, 0.3) is 5.91 Å². The molecule has 2 aliphatic heterocycles. The van der Waals surface area contributed by atoms with Crippen LogP contribution in [0.3, 0.4) is 0 Å². The number of fused-ring (bicyclic) bond motifs is 1. The molecule has 136 valence electrons. The topological polar surface area (TPSA) is 70.7 Å². The third-order valence-electron chi connectivity index (χ3n) is 4.71. The first-order valence-corrected chi connectivity index (χ1v) is 9.92. The number of carbonyl (C=O) groups is 2. The summed E-state index contributed by atoms with van der Waals surface area (Å²) in [6.07, 6.45) is 6.21. The average Bonchev–Trinajstić information content (AvgIpc) is 3.24. The van der Waals surface area contributed by atoms with Crippen molar-refractivity contribution in [1.82, 2.24) is 10.6 Å². The molecule has 3 amide bonds. The molecule has 4 rings (SSSR count). The number of anilines is 1. The quantitative estimate of drug-likeness (QED) is 0.601. The molecule has 0 unspecified atom stereocenters. The Morgan fingerprint density at radius 1 is 1.38 bits per heavy atom. The Kier molecular flexibility index (Phi) is 4.86. The van der Waals surface area contributed by atoms with Crippen LogP contribution in [-0.2, 0) is 4.79 Å². The number of urea groups is 1. The molecule has 1 saturated heterocycles. The summed E-state index contributed by atoms with van der Waals surface area (Å²) in [5.41, 5.74) is 1.56. The summed E-state index contributed by atoms with van der Waals surface area (Å²) < 4.78 is 6.15. The number of hydrogen-bond acceptors (Lipinski definition) is 5. The van der Waals surface area contributed by atoms with Gasteiger partial charge in [-0.2, -0.15) is 0 Å². The van der Waals surface area contributed by atoms with E-state index >= 15 is 0 Å². The van der Waals surface area contributed by atoms with E-state index in [-0.39, 0.29) is 18.0 Å². The minimum absolute atomic E-state index is 0.0829. The minimum atomic E-state index is -0.190. The van der Waals surface area contributed by atoms with E-state index in [1.807, 2.05) is 18.2 Å². The Bertz CT molecular complexity index is 803. The molecule has 0 aromatic heterocycles. The van der Waals surface area contributed by atoms with Crippen LogP contribution in [0.5, 0.6) is 5.75 Å².